The van der Waals surface area contributed by atoms with Gasteiger partial charge in [0, 0.05) is 52.3 Å². The number of hydrogen-bond donors (Lipinski definition) is 1. The summed E-state index contributed by atoms with van der Waals surface area (Å²) in [6.07, 6.45) is 4.11. The number of guanidine groups is 1. The number of piperazine rings is 1. The molecule has 0 spiro atoms. The van der Waals surface area contributed by atoms with Crippen molar-refractivity contribution in [2.45, 2.75) is 32.3 Å². The normalized spacial score (nSPS) is 20.8. The fourth-order valence-electron chi connectivity index (χ4n) is 3.27. The molecular formula is C18H29IN4O3. The average Bonchev–Trinajstić information content (AvgIpc) is 3.34. The molecule has 3 rings (SSSR count). The first-order valence-corrected chi connectivity index (χ1v) is 9.24. The molecule has 0 aliphatic carbocycles. The summed E-state index contributed by atoms with van der Waals surface area (Å²) in [6.45, 7) is 7.33. The Hall–Kier alpha value is -1.29. The Bertz CT molecular complexity index is 565. The van der Waals surface area contributed by atoms with Crippen LogP contribution in [-0.4, -0.2) is 73.6 Å². The molecule has 0 aromatic carbocycles. The van der Waals surface area contributed by atoms with Crippen molar-refractivity contribution < 1.29 is 13.9 Å². The number of nitrogens with one attached hydrogen (secondary N) is 1. The molecule has 1 N–H and O–H groups in total. The van der Waals surface area contributed by atoms with Crippen LogP contribution in [-0.2, 0) is 16.0 Å². The number of aliphatic imine (C=N–C) groups is 1. The van der Waals surface area contributed by atoms with Crippen molar-refractivity contribution in [2.24, 2.45) is 4.99 Å². The van der Waals surface area contributed by atoms with Crippen LogP contribution in [0.25, 0.3) is 0 Å². The van der Waals surface area contributed by atoms with E-state index in [1.165, 1.54) is 0 Å². The molecule has 1 atom stereocenters. The predicted molar refractivity (Wildman–Crippen MR) is 111 cm³/mol. The minimum Gasteiger partial charge on any atom is -0.469 e. The SMILES string of the molecule is CCNC(=NCCc1ccco1)N1CCN(C(=O)C2CCCO2)CC1.I. The fraction of sp³-hybridized carbons (Fsp3) is 0.667. The van der Waals surface area contributed by atoms with E-state index in [-0.39, 0.29) is 36.0 Å². The molecule has 7 nitrogen and oxygen atoms in total. The fourth-order valence-corrected chi connectivity index (χ4v) is 3.27. The van der Waals surface area contributed by atoms with Gasteiger partial charge in [-0.25, -0.2) is 0 Å². The molecule has 0 radical (unpaired) electrons. The van der Waals surface area contributed by atoms with Crippen LogP contribution in [0.1, 0.15) is 25.5 Å². The minimum absolute atomic E-state index is 0. The zero-order valence-electron chi connectivity index (χ0n) is 15.4. The molecular weight excluding hydrogens is 447 g/mol. The van der Waals surface area contributed by atoms with Crippen molar-refractivity contribution in [1.29, 1.82) is 0 Å². The first kappa shape index (κ1) is 21.0. The van der Waals surface area contributed by atoms with E-state index in [2.05, 4.69) is 17.1 Å². The Kier molecular flexibility index (Phi) is 8.70. The largest absolute Gasteiger partial charge is 0.469 e. The average molecular weight is 476 g/mol. The third-order valence-corrected chi connectivity index (χ3v) is 4.63. The molecule has 8 heteroatoms. The molecule has 1 unspecified atom stereocenters. The lowest BCUT2D eigenvalue weighted by atomic mass is 10.2. The lowest BCUT2D eigenvalue weighted by Gasteiger charge is -2.37. The van der Waals surface area contributed by atoms with E-state index in [0.29, 0.717) is 13.2 Å². The molecule has 3 heterocycles. The van der Waals surface area contributed by atoms with Gasteiger partial charge in [-0.3, -0.25) is 9.79 Å². The summed E-state index contributed by atoms with van der Waals surface area (Å²) < 4.78 is 10.9. The van der Waals surface area contributed by atoms with E-state index < -0.39 is 0 Å². The molecule has 1 aromatic rings. The molecule has 26 heavy (non-hydrogen) atoms. The number of halogens is 1. The smallest absolute Gasteiger partial charge is 0.251 e. The Labute approximate surface area is 172 Å². The molecule has 146 valence electrons. The van der Waals surface area contributed by atoms with Gasteiger partial charge in [0.1, 0.15) is 11.9 Å². The van der Waals surface area contributed by atoms with E-state index in [1.807, 2.05) is 17.0 Å². The van der Waals surface area contributed by atoms with Crippen LogP contribution < -0.4 is 5.32 Å². The predicted octanol–water partition coefficient (Wildman–Crippen LogP) is 1.73. The topological polar surface area (TPSA) is 70.3 Å². The Morgan fingerprint density at radius 2 is 2.08 bits per heavy atom. The minimum atomic E-state index is -0.221. The van der Waals surface area contributed by atoms with Gasteiger partial charge in [-0.2, -0.15) is 0 Å². The lowest BCUT2D eigenvalue weighted by molar-refractivity contribution is -0.142. The van der Waals surface area contributed by atoms with Gasteiger partial charge in [-0.05, 0) is 31.9 Å². The van der Waals surface area contributed by atoms with Crippen molar-refractivity contribution in [3.63, 3.8) is 0 Å². The van der Waals surface area contributed by atoms with Crippen molar-refractivity contribution >= 4 is 35.8 Å². The summed E-state index contributed by atoms with van der Waals surface area (Å²) in [5, 5.41) is 3.35. The summed E-state index contributed by atoms with van der Waals surface area (Å²) in [5.74, 6) is 2.02. The van der Waals surface area contributed by atoms with Gasteiger partial charge in [0.2, 0.25) is 0 Å². The zero-order chi connectivity index (χ0) is 17.5. The molecule has 0 saturated carbocycles. The second-order valence-corrected chi connectivity index (χ2v) is 6.38. The summed E-state index contributed by atoms with van der Waals surface area (Å²) in [7, 11) is 0. The van der Waals surface area contributed by atoms with E-state index in [1.54, 1.807) is 6.26 Å². The monoisotopic (exact) mass is 476 g/mol. The van der Waals surface area contributed by atoms with Gasteiger partial charge in [-0.15, -0.1) is 24.0 Å². The molecule has 1 amide bonds. The van der Waals surface area contributed by atoms with Gasteiger partial charge < -0.3 is 24.3 Å². The van der Waals surface area contributed by atoms with Gasteiger partial charge in [0.05, 0.1) is 6.26 Å². The lowest BCUT2D eigenvalue weighted by Crippen LogP contribution is -2.55. The maximum Gasteiger partial charge on any atom is 0.251 e. The Morgan fingerprint density at radius 3 is 2.69 bits per heavy atom. The third kappa shape index (κ3) is 5.60. The Morgan fingerprint density at radius 1 is 1.31 bits per heavy atom. The quantitative estimate of drug-likeness (QED) is 0.399. The highest BCUT2D eigenvalue weighted by Crippen LogP contribution is 2.16. The van der Waals surface area contributed by atoms with Crippen molar-refractivity contribution in [1.82, 2.24) is 15.1 Å². The highest BCUT2D eigenvalue weighted by atomic mass is 127. The standard InChI is InChI=1S/C18H28N4O3.HI/c1-2-19-18(20-8-7-15-5-3-13-24-15)22-11-9-21(10-12-22)17(23)16-6-4-14-25-16;/h3,5,13,16H,2,4,6-12,14H2,1H3,(H,19,20);1H. The van der Waals surface area contributed by atoms with Crippen molar-refractivity contribution in [3.8, 4) is 0 Å². The maximum absolute atomic E-state index is 12.4. The number of carbonyl (C=O) groups is 1. The van der Waals surface area contributed by atoms with Crippen LogP contribution in [0, 0.1) is 0 Å². The number of rotatable bonds is 5. The number of carbonyl (C=O) groups excluding carboxylic acids is 1. The number of nitrogens with zero attached hydrogens (tertiary/aromatic N) is 3. The van der Waals surface area contributed by atoms with E-state index in [9.17, 15) is 4.79 Å². The summed E-state index contributed by atoms with van der Waals surface area (Å²) >= 11 is 0. The first-order chi connectivity index (χ1) is 12.3. The number of hydrogen-bond acceptors (Lipinski definition) is 4. The number of furan rings is 1. The highest BCUT2D eigenvalue weighted by Gasteiger charge is 2.30. The van der Waals surface area contributed by atoms with Crippen molar-refractivity contribution in [3.05, 3.63) is 24.2 Å². The highest BCUT2D eigenvalue weighted by molar-refractivity contribution is 14.0. The summed E-state index contributed by atoms with van der Waals surface area (Å²) in [6, 6.07) is 3.87. The van der Waals surface area contributed by atoms with Crippen LogP contribution in [0.3, 0.4) is 0 Å². The van der Waals surface area contributed by atoms with Gasteiger partial charge >= 0.3 is 0 Å². The molecule has 2 saturated heterocycles. The van der Waals surface area contributed by atoms with Crippen LogP contribution in [0.15, 0.2) is 27.8 Å². The zero-order valence-corrected chi connectivity index (χ0v) is 17.7. The van der Waals surface area contributed by atoms with Gasteiger partial charge in [0.25, 0.3) is 5.91 Å². The summed E-state index contributed by atoms with van der Waals surface area (Å²) in [5.41, 5.74) is 0. The van der Waals surface area contributed by atoms with Crippen LogP contribution in [0.4, 0.5) is 0 Å². The molecule has 0 bridgehead atoms. The van der Waals surface area contributed by atoms with E-state index in [0.717, 1.165) is 63.7 Å². The summed E-state index contributed by atoms with van der Waals surface area (Å²) in [4.78, 5) is 21.3. The second kappa shape index (κ2) is 10.8. The first-order valence-electron chi connectivity index (χ1n) is 9.24. The number of amides is 1. The molecule has 2 aliphatic heterocycles. The van der Waals surface area contributed by atoms with Crippen LogP contribution in [0.5, 0.6) is 0 Å². The van der Waals surface area contributed by atoms with E-state index in [4.69, 9.17) is 14.1 Å². The van der Waals surface area contributed by atoms with Gasteiger partial charge in [0.15, 0.2) is 5.96 Å². The molecule has 1 aromatic heterocycles. The van der Waals surface area contributed by atoms with Gasteiger partial charge in [-0.1, -0.05) is 0 Å². The maximum atomic E-state index is 12.4. The second-order valence-electron chi connectivity index (χ2n) is 6.38. The third-order valence-electron chi connectivity index (χ3n) is 4.63. The molecule has 2 aliphatic rings. The number of ether oxygens (including phenoxy) is 1. The molecule has 2 fully saturated rings. The van der Waals surface area contributed by atoms with E-state index >= 15 is 0 Å². The Balaban J connectivity index is 0.00000243. The van der Waals surface area contributed by atoms with Crippen molar-refractivity contribution in [2.75, 3.05) is 45.9 Å². The van der Waals surface area contributed by atoms with Crippen LogP contribution >= 0.6 is 24.0 Å². The van der Waals surface area contributed by atoms with Crippen LogP contribution in [0.2, 0.25) is 0 Å².